The SMILES string of the molecule is COc1cc(OC)c(OC)cc1CNC(C)(C)CN. The van der Waals surface area contributed by atoms with E-state index in [4.69, 9.17) is 19.9 Å². The minimum Gasteiger partial charge on any atom is -0.496 e. The van der Waals surface area contributed by atoms with Crippen LogP contribution < -0.4 is 25.3 Å². The van der Waals surface area contributed by atoms with Gasteiger partial charge in [0.15, 0.2) is 11.5 Å². The maximum atomic E-state index is 5.70. The monoisotopic (exact) mass is 268 g/mol. The number of hydrogen-bond acceptors (Lipinski definition) is 5. The van der Waals surface area contributed by atoms with E-state index in [2.05, 4.69) is 19.2 Å². The van der Waals surface area contributed by atoms with Crippen LogP contribution in [-0.4, -0.2) is 33.4 Å². The van der Waals surface area contributed by atoms with E-state index >= 15 is 0 Å². The smallest absolute Gasteiger partial charge is 0.164 e. The third-order valence-electron chi connectivity index (χ3n) is 3.05. The first-order chi connectivity index (χ1) is 8.97. The van der Waals surface area contributed by atoms with Crippen LogP contribution in [-0.2, 0) is 6.54 Å². The van der Waals surface area contributed by atoms with Crippen molar-refractivity contribution >= 4 is 0 Å². The topological polar surface area (TPSA) is 65.7 Å². The largest absolute Gasteiger partial charge is 0.496 e. The van der Waals surface area contributed by atoms with Crippen molar-refractivity contribution in [1.82, 2.24) is 5.32 Å². The Morgan fingerprint density at radius 2 is 1.53 bits per heavy atom. The second-order valence-electron chi connectivity index (χ2n) is 4.96. The molecule has 0 bridgehead atoms. The molecular formula is C14H24N2O3. The van der Waals surface area contributed by atoms with Crippen LogP contribution in [0, 0.1) is 0 Å². The van der Waals surface area contributed by atoms with Crippen molar-refractivity contribution in [2.45, 2.75) is 25.9 Å². The lowest BCUT2D eigenvalue weighted by Crippen LogP contribution is -2.45. The molecule has 108 valence electrons. The number of benzene rings is 1. The van der Waals surface area contributed by atoms with Gasteiger partial charge in [0, 0.05) is 30.3 Å². The van der Waals surface area contributed by atoms with Crippen molar-refractivity contribution in [3.63, 3.8) is 0 Å². The van der Waals surface area contributed by atoms with Gasteiger partial charge in [-0.15, -0.1) is 0 Å². The number of hydrogen-bond donors (Lipinski definition) is 2. The van der Waals surface area contributed by atoms with E-state index in [0.29, 0.717) is 24.6 Å². The molecule has 5 heteroatoms. The summed E-state index contributed by atoms with van der Waals surface area (Å²) in [4.78, 5) is 0. The zero-order chi connectivity index (χ0) is 14.5. The minimum absolute atomic E-state index is 0.127. The Kier molecular flexibility index (Phi) is 5.44. The van der Waals surface area contributed by atoms with Gasteiger partial charge >= 0.3 is 0 Å². The Bertz CT molecular complexity index is 419. The molecule has 0 fully saturated rings. The molecule has 0 amide bonds. The van der Waals surface area contributed by atoms with E-state index in [9.17, 15) is 0 Å². The first-order valence-electron chi connectivity index (χ1n) is 6.21. The zero-order valence-corrected chi connectivity index (χ0v) is 12.4. The molecule has 3 N–H and O–H groups in total. The summed E-state index contributed by atoms with van der Waals surface area (Å²) in [5.74, 6) is 2.10. The molecule has 0 aliphatic carbocycles. The van der Waals surface area contributed by atoms with Crippen LogP contribution >= 0.6 is 0 Å². The van der Waals surface area contributed by atoms with Crippen LogP contribution in [0.3, 0.4) is 0 Å². The standard InChI is InChI=1S/C14H24N2O3/c1-14(2,9-15)16-8-10-6-12(18-4)13(19-5)7-11(10)17-3/h6-7,16H,8-9,15H2,1-5H3. The highest BCUT2D eigenvalue weighted by atomic mass is 16.5. The van der Waals surface area contributed by atoms with Gasteiger partial charge in [-0.05, 0) is 19.9 Å². The molecule has 0 radical (unpaired) electrons. The van der Waals surface area contributed by atoms with Gasteiger partial charge in [-0.25, -0.2) is 0 Å². The second-order valence-corrected chi connectivity index (χ2v) is 4.96. The van der Waals surface area contributed by atoms with Gasteiger partial charge in [0.2, 0.25) is 0 Å². The number of methoxy groups -OCH3 is 3. The Balaban J connectivity index is 2.99. The van der Waals surface area contributed by atoms with Gasteiger partial charge in [-0.2, -0.15) is 0 Å². The van der Waals surface area contributed by atoms with Crippen molar-refractivity contribution in [3.8, 4) is 17.2 Å². The predicted molar refractivity (Wildman–Crippen MR) is 76.1 cm³/mol. The van der Waals surface area contributed by atoms with Crippen LogP contribution in [0.25, 0.3) is 0 Å². The van der Waals surface area contributed by atoms with E-state index in [0.717, 1.165) is 11.3 Å². The van der Waals surface area contributed by atoms with Gasteiger partial charge in [0.05, 0.1) is 21.3 Å². The van der Waals surface area contributed by atoms with Gasteiger partial charge in [0.1, 0.15) is 5.75 Å². The molecule has 1 rings (SSSR count). The summed E-state index contributed by atoms with van der Waals surface area (Å²) in [5, 5.41) is 3.39. The fraction of sp³-hybridized carbons (Fsp3) is 0.571. The molecule has 0 unspecified atom stereocenters. The highest BCUT2D eigenvalue weighted by Crippen LogP contribution is 2.34. The Morgan fingerprint density at radius 1 is 1.00 bits per heavy atom. The lowest BCUT2D eigenvalue weighted by molar-refractivity contribution is 0.344. The molecule has 1 aromatic rings. The molecule has 1 aromatic carbocycles. The molecule has 0 aromatic heterocycles. The minimum atomic E-state index is -0.127. The van der Waals surface area contributed by atoms with Crippen molar-refractivity contribution in [1.29, 1.82) is 0 Å². The molecule has 19 heavy (non-hydrogen) atoms. The molecule has 0 heterocycles. The third-order valence-corrected chi connectivity index (χ3v) is 3.05. The van der Waals surface area contributed by atoms with Crippen molar-refractivity contribution in [2.24, 2.45) is 5.73 Å². The highest BCUT2D eigenvalue weighted by molar-refractivity contribution is 5.50. The van der Waals surface area contributed by atoms with Gasteiger partial charge in [-0.3, -0.25) is 0 Å². The fourth-order valence-electron chi connectivity index (χ4n) is 1.64. The van der Waals surface area contributed by atoms with Gasteiger partial charge < -0.3 is 25.3 Å². The zero-order valence-electron chi connectivity index (χ0n) is 12.4. The maximum absolute atomic E-state index is 5.70. The number of nitrogens with two attached hydrogens (primary N) is 1. The van der Waals surface area contributed by atoms with Crippen molar-refractivity contribution < 1.29 is 14.2 Å². The summed E-state index contributed by atoms with van der Waals surface area (Å²) < 4.78 is 15.9. The van der Waals surface area contributed by atoms with Crippen LogP contribution in [0.15, 0.2) is 12.1 Å². The molecule has 0 saturated carbocycles. The number of nitrogens with one attached hydrogen (secondary N) is 1. The number of ether oxygens (including phenoxy) is 3. The average molecular weight is 268 g/mol. The second kappa shape index (κ2) is 6.63. The first kappa shape index (κ1) is 15.6. The van der Waals surface area contributed by atoms with Crippen LogP contribution in [0.1, 0.15) is 19.4 Å². The lowest BCUT2D eigenvalue weighted by atomic mass is 10.1. The van der Waals surface area contributed by atoms with Crippen LogP contribution in [0.4, 0.5) is 0 Å². The van der Waals surface area contributed by atoms with Gasteiger partial charge in [-0.1, -0.05) is 0 Å². The quantitative estimate of drug-likeness (QED) is 0.785. The molecule has 0 spiro atoms. The van der Waals surface area contributed by atoms with E-state index in [1.807, 2.05) is 12.1 Å². The summed E-state index contributed by atoms with van der Waals surface area (Å²) >= 11 is 0. The molecule has 5 nitrogen and oxygen atoms in total. The highest BCUT2D eigenvalue weighted by Gasteiger charge is 2.17. The van der Waals surface area contributed by atoms with Crippen molar-refractivity contribution in [3.05, 3.63) is 17.7 Å². The van der Waals surface area contributed by atoms with E-state index in [1.54, 1.807) is 21.3 Å². The van der Waals surface area contributed by atoms with E-state index in [-0.39, 0.29) is 5.54 Å². The van der Waals surface area contributed by atoms with Crippen molar-refractivity contribution in [2.75, 3.05) is 27.9 Å². The van der Waals surface area contributed by atoms with E-state index < -0.39 is 0 Å². The predicted octanol–water partition coefficient (Wildman–Crippen LogP) is 1.54. The summed E-state index contributed by atoms with van der Waals surface area (Å²) in [6, 6.07) is 3.74. The lowest BCUT2D eigenvalue weighted by Gasteiger charge is -2.25. The summed E-state index contributed by atoms with van der Waals surface area (Å²) in [6.07, 6.45) is 0. The first-order valence-corrected chi connectivity index (χ1v) is 6.21. The average Bonchev–Trinajstić information content (AvgIpc) is 2.44. The fourth-order valence-corrected chi connectivity index (χ4v) is 1.64. The summed E-state index contributed by atoms with van der Waals surface area (Å²) in [6.45, 7) is 5.32. The third kappa shape index (κ3) is 4.01. The molecule has 0 aliphatic rings. The molecule has 0 atom stereocenters. The molecule has 0 aliphatic heterocycles. The Morgan fingerprint density at radius 3 is 2.00 bits per heavy atom. The number of rotatable bonds is 7. The van der Waals surface area contributed by atoms with Crippen LogP contribution in [0.2, 0.25) is 0 Å². The maximum Gasteiger partial charge on any atom is 0.164 e. The summed E-state index contributed by atoms with van der Waals surface area (Å²) in [5.41, 5.74) is 6.58. The van der Waals surface area contributed by atoms with Gasteiger partial charge in [0.25, 0.3) is 0 Å². The Labute approximate surface area is 115 Å². The molecular weight excluding hydrogens is 244 g/mol. The Hall–Kier alpha value is -1.46. The molecule has 0 saturated heterocycles. The normalized spacial score (nSPS) is 11.3. The van der Waals surface area contributed by atoms with Crippen LogP contribution in [0.5, 0.6) is 17.2 Å². The van der Waals surface area contributed by atoms with E-state index in [1.165, 1.54) is 0 Å². The summed E-state index contributed by atoms with van der Waals surface area (Å²) in [7, 11) is 4.86.